The lowest BCUT2D eigenvalue weighted by Gasteiger charge is -2.03. The summed E-state index contributed by atoms with van der Waals surface area (Å²) in [6.45, 7) is 2.30. The van der Waals surface area contributed by atoms with Gasteiger partial charge in [-0.2, -0.15) is 0 Å². The molecule has 120 valence electrons. The van der Waals surface area contributed by atoms with Crippen LogP contribution in [-0.4, -0.2) is 27.8 Å². The second kappa shape index (κ2) is 6.25. The highest BCUT2D eigenvalue weighted by Crippen LogP contribution is 2.28. The lowest BCUT2D eigenvalue weighted by atomic mass is 10.3. The van der Waals surface area contributed by atoms with Crippen LogP contribution in [0.3, 0.4) is 0 Å². The molecule has 8 heteroatoms. The molecule has 0 aliphatic carbocycles. The molecule has 1 amide bonds. The van der Waals surface area contributed by atoms with E-state index in [0.717, 1.165) is 21.3 Å². The smallest absolute Gasteiger partial charge is 0.258 e. The van der Waals surface area contributed by atoms with Crippen LogP contribution in [0.5, 0.6) is 5.88 Å². The van der Waals surface area contributed by atoms with Crippen LogP contribution in [-0.2, 0) is 13.6 Å². The molecule has 0 radical (unpaired) electrons. The fourth-order valence-corrected chi connectivity index (χ4v) is 3.10. The summed E-state index contributed by atoms with van der Waals surface area (Å²) in [5, 5.41) is 7.74. The maximum Gasteiger partial charge on any atom is 0.258 e. The summed E-state index contributed by atoms with van der Waals surface area (Å²) in [5.41, 5.74) is 1.28. The Labute approximate surface area is 136 Å². The number of aryl methyl sites for hydroxylation is 2. The summed E-state index contributed by atoms with van der Waals surface area (Å²) in [5.74, 6) is 0.800. The molecule has 7 nitrogen and oxygen atoms in total. The molecule has 0 atom stereocenters. The van der Waals surface area contributed by atoms with E-state index in [9.17, 15) is 4.79 Å². The van der Waals surface area contributed by atoms with Crippen LogP contribution < -0.4 is 10.1 Å². The summed E-state index contributed by atoms with van der Waals surface area (Å²) >= 11 is 1.50. The van der Waals surface area contributed by atoms with Crippen molar-refractivity contribution in [2.75, 3.05) is 7.11 Å². The average Bonchev–Trinajstić information content (AvgIpc) is 3.24. The standard InChI is InChI=1S/C15H16N4O3S/c1-9-12(23-15(17-9)11-5-4-6-22-11)7-16-13(20)10-8-19(2)18-14(10)21-3/h4-6,8H,7H2,1-3H3,(H,16,20). The highest BCUT2D eigenvalue weighted by Gasteiger charge is 2.17. The first-order valence-electron chi connectivity index (χ1n) is 6.94. The Bertz CT molecular complexity index is 820. The number of amides is 1. The van der Waals surface area contributed by atoms with Crippen LogP contribution in [0.4, 0.5) is 0 Å². The normalized spacial score (nSPS) is 10.7. The van der Waals surface area contributed by atoms with E-state index in [0.29, 0.717) is 18.0 Å². The number of ether oxygens (including phenoxy) is 1. The van der Waals surface area contributed by atoms with Crippen LogP contribution in [0.2, 0.25) is 0 Å². The zero-order valence-electron chi connectivity index (χ0n) is 13.0. The molecule has 3 aromatic rings. The fourth-order valence-electron chi connectivity index (χ4n) is 2.13. The summed E-state index contributed by atoms with van der Waals surface area (Å²) in [6.07, 6.45) is 3.24. The average molecular weight is 332 g/mol. The number of carbonyl (C=O) groups is 1. The van der Waals surface area contributed by atoms with Crippen LogP contribution in [0, 0.1) is 6.92 Å². The number of methoxy groups -OCH3 is 1. The fraction of sp³-hybridized carbons (Fsp3) is 0.267. The van der Waals surface area contributed by atoms with Gasteiger partial charge < -0.3 is 14.5 Å². The SMILES string of the molecule is COc1nn(C)cc1C(=O)NCc1sc(-c2ccco2)nc1C. The van der Waals surface area contributed by atoms with Gasteiger partial charge in [0.1, 0.15) is 5.56 Å². The van der Waals surface area contributed by atoms with E-state index >= 15 is 0 Å². The Balaban J connectivity index is 1.72. The first kappa shape index (κ1) is 15.3. The Kier molecular flexibility index (Phi) is 4.16. The van der Waals surface area contributed by atoms with Crippen molar-refractivity contribution in [1.29, 1.82) is 0 Å². The Morgan fingerprint density at radius 1 is 1.52 bits per heavy atom. The summed E-state index contributed by atoms with van der Waals surface area (Å²) in [6, 6.07) is 3.68. The highest BCUT2D eigenvalue weighted by atomic mass is 32.1. The quantitative estimate of drug-likeness (QED) is 0.776. The van der Waals surface area contributed by atoms with E-state index in [-0.39, 0.29) is 5.91 Å². The van der Waals surface area contributed by atoms with Gasteiger partial charge in [-0.1, -0.05) is 0 Å². The van der Waals surface area contributed by atoms with Gasteiger partial charge in [0.05, 0.1) is 25.6 Å². The highest BCUT2D eigenvalue weighted by molar-refractivity contribution is 7.15. The number of thiazole rings is 1. The largest absolute Gasteiger partial charge is 0.479 e. The van der Waals surface area contributed by atoms with Gasteiger partial charge in [0.25, 0.3) is 5.91 Å². The lowest BCUT2D eigenvalue weighted by Crippen LogP contribution is -2.22. The molecule has 3 aromatic heterocycles. The van der Waals surface area contributed by atoms with Crippen LogP contribution in [0.25, 0.3) is 10.8 Å². The van der Waals surface area contributed by atoms with Gasteiger partial charge in [0.2, 0.25) is 5.88 Å². The van der Waals surface area contributed by atoms with Crippen molar-refractivity contribution >= 4 is 17.2 Å². The van der Waals surface area contributed by atoms with Crippen LogP contribution in [0.15, 0.2) is 29.0 Å². The van der Waals surface area contributed by atoms with E-state index in [2.05, 4.69) is 15.4 Å². The Morgan fingerprint density at radius 3 is 3.04 bits per heavy atom. The van der Waals surface area contributed by atoms with Gasteiger partial charge in [-0.25, -0.2) is 4.98 Å². The number of nitrogens with one attached hydrogen (secondary N) is 1. The number of hydrogen-bond donors (Lipinski definition) is 1. The molecule has 1 N–H and O–H groups in total. The predicted octanol–water partition coefficient (Wildman–Crippen LogP) is 2.38. The van der Waals surface area contributed by atoms with Crippen LogP contribution in [0.1, 0.15) is 20.9 Å². The van der Waals surface area contributed by atoms with E-state index in [1.807, 2.05) is 19.1 Å². The van der Waals surface area contributed by atoms with E-state index < -0.39 is 0 Å². The molecule has 23 heavy (non-hydrogen) atoms. The minimum Gasteiger partial charge on any atom is -0.479 e. The Hall–Kier alpha value is -2.61. The topological polar surface area (TPSA) is 82.2 Å². The number of rotatable bonds is 5. The van der Waals surface area contributed by atoms with Crippen molar-refractivity contribution < 1.29 is 13.9 Å². The second-order valence-corrected chi connectivity index (χ2v) is 6.00. The molecule has 0 spiro atoms. The van der Waals surface area contributed by atoms with E-state index in [4.69, 9.17) is 9.15 Å². The van der Waals surface area contributed by atoms with Crippen molar-refractivity contribution in [2.24, 2.45) is 7.05 Å². The third-order valence-corrected chi connectivity index (χ3v) is 4.44. The van der Waals surface area contributed by atoms with Crippen molar-refractivity contribution in [3.8, 4) is 16.6 Å². The number of hydrogen-bond acceptors (Lipinski definition) is 6. The first-order chi connectivity index (χ1) is 11.1. The number of aromatic nitrogens is 3. The van der Waals surface area contributed by atoms with Gasteiger partial charge >= 0.3 is 0 Å². The molecule has 0 aromatic carbocycles. The van der Waals surface area contributed by atoms with Crippen molar-refractivity contribution in [1.82, 2.24) is 20.1 Å². The van der Waals surface area contributed by atoms with Crippen molar-refractivity contribution in [2.45, 2.75) is 13.5 Å². The molecule has 0 aliphatic heterocycles. The third-order valence-electron chi connectivity index (χ3n) is 3.27. The zero-order valence-corrected chi connectivity index (χ0v) is 13.8. The van der Waals surface area contributed by atoms with Crippen molar-refractivity contribution in [3.05, 3.63) is 40.7 Å². The van der Waals surface area contributed by atoms with E-state index in [1.165, 1.54) is 18.4 Å². The van der Waals surface area contributed by atoms with E-state index in [1.54, 1.807) is 24.2 Å². The summed E-state index contributed by atoms with van der Waals surface area (Å²) < 4.78 is 12.0. The number of furan rings is 1. The molecule has 0 aliphatic rings. The van der Waals surface area contributed by atoms with Crippen molar-refractivity contribution in [3.63, 3.8) is 0 Å². The van der Waals surface area contributed by atoms with Gasteiger partial charge in [0.15, 0.2) is 10.8 Å². The monoisotopic (exact) mass is 332 g/mol. The molecule has 0 saturated heterocycles. The third kappa shape index (κ3) is 3.11. The number of nitrogens with zero attached hydrogens (tertiary/aromatic N) is 3. The molecule has 3 rings (SSSR count). The van der Waals surface area contributed by atoms with Gasteiger partial charge in [-0.05, 0) is 19.1 Å². The minimum absolute atomic E-state index is 0.234. The minimum atomic E-state index is -0.234. The molecular weight excluding hydrogens is 316 g/mol. The summed E-state index contributed by atoms with van der Waals surface area (Å²) in [4.78, 5) is 17.7. The first-order valence-corrected chi connectivity index (χ1v) is 7.76. The Morgan fingerprint density at radius 2 is 2.35 bits per heavy atom. The molecule has 3 heterocycles. The van der Waals surface area contributed by atoms with Gasteiger partial charge in [-0.15, -0.1) is 16.4 Å². The van der Waals surface area contributed by atoms with Gasteiger partial charge in [0, 0.05) is 18.1 Å². The molecular formula is C15H16N4O3S. The summed E-state index contributed by atoms with van der Waals surface area (Å²) in [7, 11) is 3.23. The molecule has 0 bridgehead atoms. The zero-order chi connectivity index (χ0) is 16.4. The lowest BCUT2D eigenvalue weighted by molar-refractivity contribution is 0.0948. The van der Waals surface area contributed by atoms with Gasteiger partial charge in [-0.3, -0.25) is 9.48 Å². The molecule has 0 fully saturated rings. The molecule has 0 unspecified atom stereocenters. The van der Waals surface area contributed by atoms with Crippen LogP contribution >= 0.6 is 11.3 Å². The maximum absolute atomic E-state index is 12.3. The number of carbonyl (C=O) groups excluding carboxylic acids is 1. The second-order valence-electron chi connectivity index (χ2n) is 4.91. The molecule has 0 saturated carbocycles. The maximum atomic E-state index is 12.3. The predicted molar refractivity (Wildman–Crippen MR) is 85.5 cm³/mol.